The fraction of sp³-hybridized carbons (Fsp3) is 0.320. The van der Waals surface area contributed by atoms with Crippen LogP contribution in [-0.2, 0) is 11.8 Å². The third-order valence-corrected chi connectivity index (χ3v) is 6.43. The van der Waals surface area contributed by atoms with Crippen LogP contribution in [-0.4, -0.2) is 30.2 Å². The van der Waals surface area contributed by atoms with Crippen molar-refractivity contribution in [2.24, 2.45) is 18.0 Å². The first kappa shape index (κ1) is 24.2. The van der Waals surface area contributed by atoms with Gasteiger partial charge in [-0.3, -0.25) is 9.48 Å². The van der Waals surface area contributed by atoms with E-state index in [1.165, 1.54) is 13.3 Å². The molecule has 1 aliphatic rings. The molecule has 192 valence electrons. The summed E-state index contributed by atoms with van der Waals surface area (Å²) in [4.78, 5) is 22.0. The summed E-state index contributed by atoms with van der Waals surface area (Å²) < 4.78 is 23.7. The molecule has 0 saturated heterocycles. The lowest BCUT2D eigenvalue weighted by Gasteiger charge is -2.23. The number of nitrogens with one attached hydrogen (secondary N) is 1. The first-order valence-corrected chi connectivity index (χ1v) is 11.9. The predicted octanol–water partition coefficient (Wildman–Crippen LogP) is 3.56. The third kappa shape index (κ3) is 4.57. The maximum atomic E-state index is 15.0. The van der Waals surface area contributed by atoms with Crippen LogP contribution < -0.4 is 22.5 Å². The first-order valence-electron chi connectivity index (χ1n) is 11.9. The zero-order valence-electron chi connectivity index (χ0n) is 20.7. The van der Waals surface area contributed by atoms with Crippen molar-refractivity contribution < 1.29 is 9.13 Å². The van der Waals surface area contributed by atoms with Crippen LogP contribution in [0.3, 0.4) is 0 Å². The van der Waals surface area contributed by atoms with Crippen LogP contribution in [0.15, 0.2) is 52.9 Å². The Morgan fingerprint density at radius 2 is 2.11 bits per heavy atom. The molecule has 3 heterocycles. The van der Waals surface area contributed by atoms with E-state index < -0.39 is 12.4 Å². The molecule has 4 aromatic rings. The van der Waals surface area contributed by atoms with E-state index >= 15 is 4.39 Å². The summed E-state index contributed by atoms with van der Waals surface area (Å²) in [5.41, 5.74) is 8.28. The maximum absolute atomic E-state index is 15.0. The summed E-state index contributed by atoms with van der Waals surface area (Å²) in [7, 11) is 1.84. The summed E-state index contributed by atoms with van der Waals surface area (Å²) >= 11 is 0. The third-order valence-electron chi connectivity index (χ3n) is 6.43. The Morgan fingerprint density at radius 1 is 1.32 bits per heavy atom. The van der Waals surface area contributed by atoms with Gasteiger partial charge in [0.2, 0.25) is 5.90 Å². The minimum Gasteiger partial charge on any atom is -0.441 e. The molecule has 37 heavy (non-hydrogen) atoms. The molecule has 0 amide bonds. The summed E-state index contributed by atoms with van der Waals surface area (Å²) in [5.74, 6) is 5.18. The van der Waals surface area contributed by atoms with Crippen molar-refractivity contribution in [3.63, 3.8) is 0 Å². The van der Waals surface area contributed by atoms with Crippen LogP contribution in [0.2, 0.25) is 0 Å². The number of aromatic nitrogens is 5. The molecule has 2 unspecified atom stereocenters. The number of aryl methyl sites for hydroxylation is 1. The van der Waals surface area contributed by atoms with Gasteiger partial charge in [-0.05, 0) is 36.8 Å². The second-order valence-corrected chi connectivity index (χ2v) is 9.12. The predicted molar refractivity (Wildman–Crippen MR) is 139 cm³/mol. The molecular formula is C25H28FN9O2. The van der Waals surface area contributed by atoms with E-state index in [0.717, 1.165) is 35.0 Å². The van der Waals surface area contributed by atoms with Crippen molar-refractivity contribution >= 4 is 28.3 Å². The normalized spacial score (nSPS) is 15.5. The zero-order chi connectivity index (χ0) is 26.3. The molecule has 0 aliphatic heterocycles. The highest BCUT2D eigenvalue weighted by molar-refractivity contribution is 5.96. The Morgan fingerprint density at radius 3 is 2.78 bits per heavy atom. The number of halogens is 1. The van der Waals surface area contributed by atoms with Crippen LogP contribution in [0, 0.1) is 0 Å². The van der Waals surface area contributed by atoms with Gasteiger partial charge in [0.1, 0.15) is 23.5 Å². The summed E-state index contributed by atoms with van der Waals surface area (Å²) in [6, 6.07) is 7.43. The second kappa shape index (κ2) is 9.52. The van der Waals surface area contributed by atoms with Crippen molar-refractivity contribution in [1.82, 2.24) is 24.3 Å². The average Bonchev–Trinajstić information content (AvgIpc) is 3.62. The summed E-state index contributed by atoms with van der Waals surface area (Å²) in [6.07, 6.45) is 4.70. The van der Waals surface area contributed by atoms with Crippen molar-refractivity contribution in [2.75, 3.05) is 11.1 Å². The van der Waals surface area contributed by atoms with Gasteiger partial charge >= 0.3 is 0 Å². The number of hydrogen-bond donors (Lipinski definition) is 3. The summed E-state index contributed by atoms with van der Waals surface area (Å²) in [5, 5.41) is 12.3. The number of nitrogen functional groups attached to an aromatic ring is 1. The number of anilines is 2. The lowest BCUT2D eigenvalue weighted by molar-refractivity contribution is 0.0543. The molecule has 5 N–H and O–H groups in total. The minimum absolute atomic E-state index is 0.0590. The molecular weight excluding hydrogens is 477 g/mol. The van der Waals surface area contributed by atoms with Crippen molar-refractivity contribution in [1.29, 1.82) is 0 Å². The van der Waals surface area contributed by atoms with Crippen molar-refractivity contribution in [3.8, 4) is 11.1 Å². The molecule has 1 fully saturated rings. The molecule has 11 nitrogen and oxygen atoms in total. The second-order valence-electron chi connectivity index (χ2n) is 9.12. The number of nitrogens with zero attached hydrogens (tertiary/aromatic N) is 6. The largest absolute Gasteiger partial charge is 0.441 e. The summed E-state index contributed by atoms with van der Waals surface area (Å²) in [6.45, 7) is 3.30. The van der Waals surface area contributed by atoms with E-state index in [4.69, 9.17) is 16.3 Å². The Kier molecular flexibility index (Phi) is 6.24. The highest BCUT2D eigenvalue weighted by Gasteiger charge is 2.31. The van der Waals surface area contributed by atoms with Gasteiger partial charge in [0.05, 0.1) is 17.6 Å². The smallest absolute Gasteiger partial charge is 0.272 e. The van der Waals surface area contributed by atoms with E-state index in [1.54, 1.807) is 10.9 Å². The maximum Gasteiger partial charge on any atom is 0.272 e. The molecule has 5 rings (SSSR count). The van der Waals surface area contributed by atoms with E-state index in [2.05, 4.69) is 25.5 Å². The Balaban J connectivity index is 1.59. The fourth-order valence-corrected chi connectivity index (χ4v) is 4.51. The van der Waals surface area contributed by atoms with Crippen LogP contribution in [0.4, 0.5) is 16.0 Å². The van der Waals surface area contributed by atoms with E-state index in [-0.39, 0.29) is 34.7 Å². The Labute approximate surface area is 212 Å². The standard InChI is InChI=1S/C25H28FN9O2/c1-13(32-24-21(23(27)29-12-30-24)22(26)37-14(2)33-28)19-9-15-5-4-6-18(16-10-31-34(3)11-16)20(15)25(36)35(19)17-7-8-17/h4-6,9-13,17,22H,7-8,28H2,1-3H3,(H3,27,29,30,32). The molecule has 3 aromatic heterocycles. The number of alkyl halides is 1. The first-order chi connectivity index (χ1) is 17.8. The molecule has 1 aromatic carbocycles. The Bertz CT molecular complexity index is 1560. The van der Waals surface area contributed by atoms with E-state index in [1.807, 2.05) is 49.0 Å². The van der Waals surface area contributed by atoms with Gasteiger partial charge in [-0.15, -0.1) is 5.10 Å². The van der Waals surface area contributed by atoms with Crippen LogP contribution in [0.5, 0.6) is 0 Å². The van der Waals surface area contributed by atoms with Gasteiger partial charge in [-0.1, -0.05) is 18.2 Å². The molecule has 1 aliphatic carbocycles. The van der Waals surface area contributed by atoms with Crippen molar-refractivity contribution in [3.05, 3.63) is 64.6 Å². The van der Waals surface area contributed by atoms with Gasteiger partial charge in [0.25, 0.3) is 11.9 Å². The molecule has 1 saturated carbocycles. The topological polar surface area (TPSA) is 151 Å². The molecule has 0 bridgehead atoms. The van der Waals surface area contributed by atoms with Gasteiger partial charge in [0, 0.05) is 37.5 Å². The SMILES string of the molecule is CC(=NN)OC(F)c1c(N)ncnc1NC(C)c1cc2cccc(-c3cnn(C)c3)c2c(=O)n1C1CC1. The number of nitrogens with two attached hydrogens (primary N) is 2. The number of hydrazone groups is 1. The minimum atomic E-state index is -1.99. The van der Waals surface area contributed by atoms with Crippen LogP contribution in [0.1, 0.15) is 56.4 Å². The van der Waals surface area contributed by atoms with E-state index in [0.29, 0.717) is 5.39 Å². The quantitative estimate of drug-likeness (QED) is 0.149. The van der Waals surface area contributed by atoms with Gasteiger partial charge < -0.3 is 26.2 Å². The van der Waals surface area contributed by atoms with Gasteiger partial charge in [-0.2, -0.15) is 9.49 Å². The Hall–Kier alpha value is -4.48. The zero-order valence-corrected chi connectivity index (χ0v) is 20.7. The highest BCUT2D eigenvalue weighted by Crippen LogP contribution is 2.39. The molecule has 2 atom stereocenters. The number of hydrogen-bond acceptors (Lipinski definition) is 9. The monoisotopic (exact) mass is 505 g/mol. The van der Waals surface area contributed by atoms with Crippen LogP contribution in [0.25, 0.3) is 21.9 Å². The fourth-order valence-electron chi connectivity index (χ4n) is 4.51. The van der Waals surface area contributed by atoms with Gasteiger partial charge in [0.15, 0.2) is 0 Å². The lowest BCUT2D eigenvalue weighted by Crippen LogP contribution is -2.27. The number of pyridine rings is 1. The highest BCUT2D eigenvalue weighted by atomic mass is 19.1. The average molecular weight is 506 g/mol. The molecule has 0 spiro atoms. The van der Waals surface area contributed by atoms with Crippen LogP contribution >= 0.6 is 0 Å². The lowest BCUT2D eigenvalue weighted by atomic mass is 10.00. The number of ether oxygens (including phenoxy) is 1. The van der Waals surface area contributed by atoms with Crippen molar-refractivity contribution in [2.45, 2.75) is 45.1 Å². The number of benzene rings is 1. The molecule has 0 radical (unpaired) electrons. The molecule has 12 heteroatoms. The van der Waals surface area contributed by atoms with E-state index in [9.17, 15) is 4.79 Å². The number of fused-ring (bicyclic) bond motifs is 1. The number of rotatable bonds is 7. The van der Waals surface area contributed by atoms with Gasteiger partial charge in [-0.25, -0.2) is 9.97 Å².